The Kier molecular flexibility index (Phi) is 5.92. The van der Waals surface area contributed by atoms with Gasteiger partial charge < -0.3 is 15.7 Å². The van der Waals surface area contributed by atoms with E-state index in [1.807, 2.05) is 6.07 Å². The zero-order chi connectivity index (χ0) is 17.4. The van der Waals surface area contributed by atoms with Crippen LogP contribution in [0.2, 0.25) is 0 Å². The predicted molar refractivity (Wildman–Crippen MR) is 88.5 cm³/mol. The molecule has 0 saturated carbocycles. The van der Waals surface area contributed by atoms with Crippen LogP contribution in [0.25, 0.3) is 0 Å². The van der Waals surface area contributed by atoms with E-state index in [-0.39, 0.29) is 17.1 Å². The summed E-state index contributed by atoms with van der Waals surface area (Å²) in [5.74, 6) is -0.674. The monoisotopic (exact) mass is 325 g/mol. The number of phenolic OH excluding ortho intramolecular Hbond substituents is 1. The third-order valence-corrected chi connectivity index (χ3v) is 3.23. The molecule has 6 heteroatoms. The Morgan fingerprint density at radius 3 is 2.46 bits per heavy atom. The minimum absolute atomic E-state index is 0.0787. The fourth-order valence-electron chi connectivity index (χ4n) is 1.93. The quantitative estimate of drug-likeness (QED) is 0.563. The highest BCUT2D eigenvalue weighted by molar-refractivity contribution is 5.97. The Bertz CT molecular complexity index is 762. The van der Waals surface area contributed by atoms with Gasteiger partial charge in [-0.1, -0.05) is 12.1 Å². The lowest BCUT2D eigenvalue weighted by Gasteiger charge is -2.06. The van der Waals surface area contributed by atoms with Crippen molar-refractivity contribution in [2.24, 2.45) is 0 Å². The maximum Gasteiger partial charge on any atom is 0.263 e. The van der Waals surface area contributed by atoms with E-state index in [0.29, 0.717) is 18.7 Å². The molecule has 122 valence electrons. The molecule has 0 radical (unpaired) electrons. The number of nitriles is 1. The zero-order valence-corrected chi connectivity index (χ0v) is 12.8. The third kappa shape index (κ3) is 5.14. The van der Waals surface area contributed by atoms with Crippen LogP contribution in [-0.4, -0.2) is 17.6 Å². The van der Waals surface area contributed by atoms with Gasteiger partial charge in [0.05, 0.1) is 0 Å². The molecule has 5 nitrogen and oxygen atoms in total. The number of nitrogens with one attached hydrogen (secondary N) is 2. The van der Waals surface area contributed by atoms with Gasteiger partial charge >= 0.3 is 0 Å². The van der Waals surface area contributed by atoms with Crippen molar-refractivity contribution < 1.29 is 14.3 Å². The van der Waals surface area contributed by atoms with Crippen molar-refractivity contribution in [3.8, 4) is 11.8 Å². The highest BCUT2D eigenvalue weighted by Gasteiger charge is 2.08. The molecule has 24 heavy (non-hydrogen) atoms. The zero-order valence-electron chi connectivity index (χ0n) is 12.8. The molecule has 0 atom stereocenters. The number of aromatic hydroxyl groups is 1. The topological polar surface area (TPSA) is 85.2 Å². The molecule has 3 N–H and O–H groups in total. The van der Waals surface area contributed by atoms with Crippen LogP contribution < -0.4 is 10.6 Å². The molecule has 0 bridgehead atoms. The number of rotatable bonds is 6. The Balaban J connectivity index is 1.86. The lowest BCUT2D eigenvalue weighted by molar-refractivity contribution is -0.117. The van der Waals surface area contributed by atoms with Crippen molar-refractivity contribution >= 4 is 11.6 Å². The average molecular weight is 325 g/mol. The molecule has 2 aromatic rings. The summed E-state index contributed by atoms with van der Waals surface area (Å²) in [6, 6.07) is 14.1. The number of nitrogens with zero attached hydrogens (tertiary/aromatic N) is 1. The molecular formula is C18H16FN3O2. The summed E-state index contributed by atoms with van der Waals surface area (Å²) in [5.41, 5.74) is 1.45. The first-order valence-electron chi connectivity index (χ1n) is 7.27. The van der Waals surface area contributed by atoms with Crippen LogP contribution in [-0.2, 0) is 11.2 Å². The van der Waals surface area contributed by atoms with E-state index in [4.69, 9.17) is 5.26 Å². The SMILES string of the molecule is N#C/C(=C/Nc1ccc(F)cc1)C(=O)NCCc1ccc(O)cc1. The highest BCUT2D eigenvalue weighted by atomic mass is 19.1. The van der Waals surface area contributed by atoms with Gasteiger partial charge in [0, 0.05) is 18.4 Å². The number of benzene rings is 2. The van der Waals surface area contributed by atoms with Gasteiger partial charge in [-0.2, -0.15) is 5.26 Å². The summed E-state index contributed by atoms with van der Waals surface area (Å²) in [7, 11) is 0. The number of anilines is 1. The number of amides is 1. The van der Waals surface area contributed by atoms with Gasteiger partial charge in [0.2, 0.25) is 0 Å². The third-order valence-electron chi connectivity index (χ3n) is 3.23. The summed E-state index contributed by atoms with van der Waals surface area (Å²) in [4.78, 5) is 12.0. The molecule has 0 aliphatic heterocycles. The van der Waals surface area contributed by atoms with E-state index in [0.717, 1.165) is 5.56 Å². The molecule has 0 fully saturated rings. The number of carbonyl (C=O) groups is 1. The van der Waals surface area contributed by atoms with Crippen molar-refractivity contribution in [3.05, 3.63) is 71.7 Å². The second-order valence-electron chi connectivity index (χ2n) is 4.99. The number of hydrogen-bond donors (Lipinski definition) is 3. The van der Waals surface area contributed by atoms with E-state index in [1.54, 1.807) is 24.3 Å². The van der Waals surface area contributed by atoms with Crippen molar-refractivity contribution in [2.75, 3.05) is 11.9 Å². The molecule has 0 heterocycles. The Hall–Kier alpha value is -3.33. The molecule has 0 saturated heterocycles. The molecule has 0 aliphatic rings. The van der Waals surface area contributed by atoms with Crippen molar-refractivity contribution in [3.63, 3.8) is 0 Å². The largest absolute Gasteiger partial charge is 0.508 e. The lowest BCUT2D eigenvalue weighted by atomic mass is 10.1. The summed E-state index contributed by atoms with van der Waals surface area (Å²) >= 11 is 0. The number of phenols is 1. The molecule has 0 unspecified atom stereocenters. The van der Waals surface area contributed by atoms with Crippen LogP contribution in [0.4, 0.5) is 10.1 Å². The maximum atomic E-state index is 12.8. The molecule has 2 aromatic carbocycles. The van der Waals surface area contributed by atoms with E-state index in [2.05, 4.69) is 10.6 Å². The predicted octanol–water partition coefficient (Wildman–Crippen LogP) is 2.71. The normalized spacial score (nSPS) is 10.8. The molecular weight excluding hydrogens is 309 g/mol. The molecule has 2 rings (SSSR count). The fraction of sp³-hybridized carbons (Fsp3) is 0.111. The Morgan fingerprint density at radius 2 is 1.83 bits per heavy atom. The minimum Gasteiger partial charge on any atom is -0.508 e. The first-order valence-corrected chi connectivity index (χ1v) is 7.27. The number of halogens is 1. The van der Waals surface area contributed by atoms with E-state index in [9.17, 15) is 14.3 Å². The summed E-state index contributed by atoms with van der Waals surface area (Å²) in [5, 5.41) is 23.7. The van der Waals surface area contributed by atoms with Gasteiger partial charge in [-0.05, 0) is 48.4 Å². The summed E-state index contributed by atoms with van der Waals surface area (Å²) in [6.45, 7) is 0.360. The van der Waals surface area contributed by atoms with Crippen LogP contribution in [0.15, 0.2) is 60.3 Å². The number of carbonyl (C=O) groups excluding carboxylic acids is 1. The molecule has 0 aliphatic carbocycles. The van der Waals surface area contributed by atoms with Gasteiger partial charge in [-0.3, -0.25) is 4.79 Å². The lowest BCUT2D eigenvalue weighted by Crippen LogP contribution is -2.27. The smallest absolute Gasteiger partial charge is 0.263 e. The van der Waals surface area contributed by atoms with Crippen LogP contribution in [0.3, 0.4) is 0 Å². The fourth-order valence-corrected chi connectivity index (χ4v) is 1.93. The molecule has 0 aromatic heterocycles. The minimum atomic E-state index is -0.495. The van der Waals surface area contributed by atoms with Gasteiger partial charge in [0.25, 0.3) is 5.91 Å². The molecule has 0 spiro atoms. The highest BCUT2D eigenvalue weighted by Crippen LogP contribution is 2.10. The van der Waals surface area contributed by atoms with E-state index >= 15 is 0 Å². The van der Waals surface area contributed by atoms with Crippen molar-refractivity contribution in [2.45, 2.75) is 6.42 Å². The van der Waals surface area contributed by atoms with Crippen LogP contribution >= 0.6 is 0 Å². The van der Waals surface area contributed by atoms with Crippen molar-refractivity contribution in [1.82, 2.24) is 5.32 Å². The van der Waals surface area contributed by atoms with Crippen LogP contribution in [0.1, 0.15) is 5.56 Å². The second kappa shape index (κ2) is 8.34. The van der Waals surface area contributed by atoms with Gasteiger partial charge in [0.1, 0.15) is 23.2 Å². The van der Waals surface area contributed by atoms with Crippen LogP contribution in [0, 0.1) is 17.1 Å². The van der Waals surface area contributed by atoms with Crippen molar-refractivity contribution in [1.29, 1.82) is 5.26 Å². The van der Waals surface area contributed by atoms with Gasteiger partial charge in [0.15, 0.2) is 0 Å². The maximum absolute atomic E-state index is 12.8. The Morgan fingerprint density at radius 1 is 1.17 bits per heavy atom. The summed E-state index contributed by atoms with van der Waals surface area (Å²) < 4.78 is 12.8. The van der Waals surface area contributed by atoms with E-state index in [1.165, 1.54) is 30.5 Å². The van der Waals surface area contributed by atoms with Gasteiger partial charge in [-0.25, -0.2) is 4.39 Å². The average Bonchev–Trinajstić information content (AvgIpc) is 2.59. The number of hydrogen-bond acceptors (Lipinski definition) is 4. The first kappa shape index (κ1) is 17.0. The molecule has 1 amide bonds. The second-order valence-corrected chi connectivity index (χ2v) is 4.99. The Labute approximate surface area is 139 Å². The van der Waals surface area contributed by atoms with E-state index < -0.39 is 5.91 Å². The summed E-state index contributed by atoms with van der Waals surface area (Å²) in [6.07, 6.45) is 1.86. The van der Waals surface area contributed by atoms with Crippen LogP contribution in [0.5, 0.6) is 5.75 Å². The first-order chi connectivity index (χ1) is 11.6. The van der Waals surface area contributed by atoms with Gasteiger partial charge in [-0.15, -0.1) is 0 Å². The standard InChI is InChI=1S/C18H16FN3O2/c19-15-3-5-16(6-4-15)22-12-14(11-20)18(24)21-10-9-13-1-7-17(23)8-2-13/h1-8,12,22-23H,9-10H2,(H,21,24)/b14-12-.